The monoisotopic (exact) mass is 129 g/mol. The van der Waals surface area contributed by atoms with Gasteiger partial charge < -0.3 is 10.8 Å². The zero-order chi connectivity index (χ0) is 6.85. The first kappa shape index (κ1) is 6.55. The van der Waals surface area contributed by atoms with Gasteiger partial charge in [0, 0.05) is 6.04 Å². The Morgan fingerprint density at radius 2 is 2.22 bits per heavy atom. The van der Waals surface area contributed by atoms with Gasteiger partial charge in [0.05, 0.1) is 5.92 Å². The average molecular weight is 129 g/mol. The van der Waals surface area contributed by atoms with Crippen LogP contribution in [0.4, 0.5) is 0 Å². The molecule has 0 amide bonds. The van der Waals surface area contributed by atoms with Crippen LogP contribution in [-0.2, 0) is 4.79 Å². The predicted octanol–water partition coefficient (Wildman–Crippen LogP) is 0.198. The standard InChI is InChI=1S/C6H11NO2/c7-5-3-1-2-4(5)6(8)9/h4-5H,1-3,7H2,(H,8,9)/t4?,5-/m1/s1. The quantitative estimate of drug-likeness (QED) is 0.531. The van der Waals surface area contributed by atoms with E-state index in [1.165, 1.54) is 0 Å². The molecule has 2 atom stereocenters. The molecule has 1 rings (SSSR count). The van der Waals surface area contributed by atoms with Crippen molar-refractivity contribution in [2.75, 3.05) is 0 Å². The van der Waals surface area contributed by atoms with Gasteiger partial charge in [-0.25, -0.2) is 0 Å². The number of aliphatic carboxylic acids is 1. The van der Waals surface area contributed by atoms with Crippen LogP contribution in [0.1, 0.15) is 19.3 Å². The van der Waals surface area contributed by atoms with Crippen LogP contribution < -0.4 is 5.73 Å². The first-order chi connectivity index (χ1) is 4.22. The number of carbonyl (C=O) groups is 1. The fourth-order valence-corrected chi connectivity index (χ4v) is 1.30. The van der Waals surface area contributed by atoms with Crippen molar-refractivity contribution in [3.63, 3.8) is 0 Å². The molecule has 1 fully saturated rings. The van der Waals surface area contributed by atoms with Gasteiger partial charge in [-0.2, -0.15) is 0 Å². The van der Waals surface area contributed by atoms with Crippen molar-refractivity contribution in [1.29, 1.82) is 0 Å². The molecule has 0 aromatic carbocycles. The number of rotatable bonds is 1. The molecule has 0 heterocycles. The Hall–Kier alpha value is -0.570. The maximum Gasteiger partial charge on any atom is 0.308 e. The molecule has 1 saturated carbocycles. The summed E-state index contributed by atoms with van der Waals surface area (Å²) in [5.41, 5.74) is 5.50. The Morgan fingerprint density at radius 3 is 2.44 bits per heavy atom. The molecule has 9 heavy (non-hydrogen) atoms. The van der Waals surface area contributed by atoms with E-state index in [0.717, 1.165) is 19.3 Å². The fourth-order valence-electron chi connectivity index (χ4n) is 1.30. The molecular weight excluding hydrogens is 118 g/mol. The molecule has 0 spiro atoms. The summed E-state index contributed by atoms with van der Waals surface area (Å²) < 4.78 is 0. The van der Waals surface area contributed by atoms with E-state index in [-0.39, 0.29) is 12.0 Å². The van der Waals surface area contributed by atoms with Crippen LogP contribution in [0.25, 0.3) is 0 Å². The summed E-state index contributed by atoms with van der Waals surface area (Å²) in [6.45, 7) is 0. The molecule has 3 heteroatoms. The Morgan fingerprint density at radius 1 is 1.56 bits per heavy atom. The summed E-state index contributed by atoms with van der Waals surface area (Å²) >= 11 is 0. The number of hydrogen-bond donors (Lipinski definition) is 2. The molecule has 0 aromatic heterocycles. The second-order valence-electron chi connectivity index (χ2n) is 2.54. The van der Waals surface area contributed by atoms with Crippen molar-refractivity contribution in [2.24, 2.45) is 11.7 Å². The largest absolute Gasteiger partial charge is 0.481 e. The zero-order valence-electron chi connectivity index (χ0n) is 5.21. The van der Waals surface area contributed by atoms with Crippen LogP contribution in [0.3, 0.4) is 0 Å². The maximum absolute atomic E-state index is 10.3. The molecule has 0 aliphatic heterocycles. The minimum atomic E-state index is -0.736. The molecular formula is C6H11NO2. The van der Waals surface area contributed by atoms with Gasteiger partial charge in [0.25, 0.3) is 0 Å². The van der Waals surface area contributed by atoms with Crippen LogP contribution in [0.15, 0.2) is 0 Å². The third-order valence-electron chi connectivity index (χ3n) is 1.89. The molecule has 1 aliphatic rings. The molecule has 0 saturated heterocycles. The van der Waals surface area contributed by atoms with Crippen LogP contribution in [-0.4, -0.2) is 17.1 Å². The summed E-state index contributed by atoms with van der Waals surface area (Å²) in [4.78, 5) is 10.3. The lowest BCUT2D eigenvalue weighted by Gasteiger charge is -2.07. The van der Waals surface area contributed by atoms with Gasteiger partial charge in [0.1, 0.15) is 0 Å². The maximum atomic E-state index is 10.3. The second-order valence-corrected chi connectivity index (χ2v) is 2.54. The molecule has 0 bridgehead atoms. The molecule has 1 aliphatic carbocycles. The van der Waals surface area contributed by atoms with Gasteiger partial charge in [0.2, 0.25) is 0 Å². The smallest absolute Gasteiger partial charge is 0.308 e. The summed E-state index contributed by atoms with van der Waals surface area (Å²) in [5, 5.41) is 8.50. The Kier molecular flexibility index (Phi) is 1.71. The first-order valence-corrected chi connectivity index (χ1v) is 3.20. The van der Waals surface area contributed by atoms with Crippen molar-refractivity contribution in [3.05, 3.63) is 0 Å². The van der Waals surface area contributed by atoms with Crippen LogP contribution in [0.5, 0.6) is 0 Å². The van der Waals surface area contributed by atoms with E-state index in [2.05, 4.69) is 0 Å². The van der Waals surface area contributed by atoms with E-state index in [1.807, 2.05) is 0 Å². The van der Waals surface area contributed by atoms with Crippen molar-refractivity contribution >= 4 is 5.97 Å². The Labute approximate surface area is 53.9 Å². The van der Waals surface area contributed by atoms with E-state index in [9.17, 15) is 4.79 Å². The normalized spacial score (nSPS) is 34.8. The minimum Gasteiger partial charge on any atom is -0.481 e. The average Bonchev–Trinajstić information content (AvgIpc) is 2.13. The van der Waals surface area contributed by atoms with Crippen molar-refractivity contribution in [2.45, 2.75) is 25.3 Å². The highest BCUT2D eigenvalue weighted by Gasteiger charge is 2.29. The Bertz CT molecular complexity index is 124. The SMILES string of the molecule is N[C@@H]1CCCC1C(=O)O. The van der Waals surface area contributed by atoms with E-state index in [1.54, 1.807) is 0 Å². The summed E-state index contributed by atoms with van der Waals surface area (Å²) in [6, 6.07) is -0.0949. The lowest BCUT2D eigenvalue weighted by atomic mass is 10.1. The lowest BCUT2D eigenvalue weighted by molar-refractivity contribution is -0.141. The number of nitrogens with two attached hydrogens (primary N) is 1. The number of carboxylic acids is 1. The van der Waals surface area contributed by atoms with E-state index >= 15 is 0 Å². The van der Waals surface area contributed by atoms with Gasteiger partial charge in [-0.15, -0.1) is 0 Å². The predicted molar refractivity (Wildman–Crippen MR) is 33.0 cm³/mol. The molecule has 0 aromatic rings. The topological polar surface area (TPSA) is 63.3 Å². The highest BCUT2D eigenvalue weighted by Crippen LogP contribution is 2.23. The summed E-state index contributed by atoms with van der Waals surface area (Å²) in [7, 11) is 0. The van der Waals surface area contributed by atoms with Crippen molar-refractivity contribution in [1.82, 2.24) is 0 Å². The molecule has 3 N–H and O–H groups in total. The van der Waals surface area contributed by atoms with Crippen LogP contribution in [0, 0.1) is 5.92 Å². The van der Waals surface area contributed by atoms with Gasteiger partial charge in [0.15, 0.2) is 0 Å². The van der Waals surface area contributed by atoms with Gasteiger partial charge in [-0.3, -0.25) is 4.79 Å². The number of carboxylic acid groups (broad SMARTS) is 1. The van der Waals surface area contributed by atoms with Gasteiger partial charge in [-0.05, 0) is 12.8 Å². The summed E-state index contributed by atoms with van der Waals surface area (Å²) in [6.07, 6.45) is 2.60. The van der Waals surface area contributed by atoms with Gasteiger partial charge in [-0.1, -0.05) is 6.42 Å². The molecule has 1 unspecified atom stereocenters. The fraction of sp³-hybridized carbons (Fsp3) is 0.833. The van der Waals surface area contributed by atoms with Gasteiger partial charge >= 0.3 is 5.97 Å². The van der Waals surface area contributed by atoms with Crippen LogP contribution in [0.2, 0.25) is 0 Å². The summed E-state index contributed by atoms with van der Waals surface area (Å²) in [5.74, 6) is -1.01. The third-order valence-corrected chi connectivity index (χ3v) is 1.89. The van der Waals surface area contributed by atoms with E-state index < -0.39 is 5.97 Å². The van der Waals surface area contributed by atoms with E-state index in [0.29, 0.717) is 0 Å². The number of hydrogen-bond acceptors (Lipinski definition) is 2. The lowest BCUT2D eigenvalue weighted by Crippen LogP contribution is -2.30. The second kappa shape index (κ2) is 2.35. The Balaban J connectivity index is 2.49. The van der Waals surface area contributed by atoms with Crippen molar-refractivity contribution in [3.8, 4) is 0 Å². The molecule has 0 radical (unpaired) electrons. The molecule has 3 nitrogen and oxygen atoms in total. The van der Waals surface area contributed by atoms with Crippen LogP contribution >= 0.6 is 0 Å². The van der Waals surface area contributed by atoms with E-state index in [4.69, 9.17) is 10.8 Å². The minimum absolute atomic E-state index is 0.0949. The molecule has 52 valence electrons. The first-order valence-electron chi connectivity index (χ1n) is 3.20. The third kappa shape index (κ3) is 1.21. The highest BCUT2D eigenvalue weighted by atomic mass is 16.4. The zero-order valence-corrected chi connectivity index (χ0v) is 5.21. The van der Waals surface area contributed by atoms with Crippen molar-refractivity contribution < 1.29 is 9.90 Å². The highest BCUT2D eigenvalue weighted by molar-refractivity contribution is 5.71.